The molecule has 4 nitrogen and oxygen atoms in total. The number of carbonyl (C=O) groups is 1. The summed E-state index contributed by atoms with van der Waals surface area (Å²) in [6.07, 6.45) is -2.14. The second-order valence-corrected chi connectivity index (χ2v) is 4.48. The fraction of sp³-hybridized carbons (Fsp3) is 0.0769. The number of aromatic nitrogens is 1. The molecule has 2 N–H and O–H groups in total. The third-order valence-corrected chi connectivity index (χ3v) is 2.93. The van der Waals surface area contributed by atoms with Gasteiger partial charge in [-0.3, -0.25) is 9.59 Å². The van der Waals surface area contributed by atoms with Crippen LogP contribution in [-0.4, -0.2) is 10.9 Å². The highest BCUT2D eigenvalue weighted by Gasteiger charge is 2.33. The number of benzene rings is 1. The Morgan fingerprint density at radius 2 is 1.95 bits per heavy atom. The minimum Gasteiger partial charge on any atom is -0.367 e. The van der Waals surface area contributed by atoms with E-state index in [-0.39, 0.29) is 11.3 Å². The van der Waals surface area contributed by atoms with Crippen LogP contribution in [0.4, 0.5) is 18.9 Å². The van der Waals surface area contributed by atoms with Crippen molar-refractivity contribution in [3.8, 4) is 0 Å². The van der Waals surface area contributed by atoms with Crippen molar-refractivity contribution < 1.29 is 18.0 Å². The zero-order valence-corrected chi connectivity index (χ0v) is 11.0. The maximum atomic E-state index is 12.7. The summed E-state index contributed by atoms with van der Waals surface area (Å²) < 4.78 is 38.1. The highest BCUT2D eigenvalue weighted by atomic mass is 35.5. The summed E-state index contributed by atoms with van der Waals surface area (Å²) in [7, 11) is 0. The number of amides is 1. The van der Waals surface area contributed by atoms with Gasteiger partial charge < -0.3 is 10.3 Å². The number of H-pyrrole nitrogens is 1. The zero-order valence-electron chi connectivity index (χ0n) is 10.3. The Bertz CT molecular complexity index is 741. The molecule has 110 valence electrons. The van der Waals surface area contributed by atoms with E-state index < -0.39 is 28.1 Å². The fourth-order valence-corrected chi connectivity index (χ4v) is 1.84. The Hall–Kier alpha value is -2.28. The van der Waals surface area contributed by atoms with Crippen LogP contribution in [0, 0.1) is 0 Å². The van der Waals surface area contributed by atoms with Gasteiger partial charge in [0.15, 0.2) is 5.43 Å². The Morgan fingerprint density at radius 3 is 2.57 bits per heavy atom. The monoisotopic (exact) mass is 316 g/mol. The summed E-state index contributed by atoms with van der Waals surface area (Å²) in [5, 5.41) is 1.75. The number of carbonyl (C=O) groups excluding carboxylic acids is 1. The molecule has 0 spiro atoms. The molecule has 1 aromatic heterocycles. The summed E-state index contributed by atoms with van der Waals surface area (Å²) in [4.78, 5) is 25.8. The molecule has 2 aromatic rings. The lowest BCUT2D eigenvalue weighted by molar-refractivity contribution is -0.137. The van der Waals surface area contributed by atoms with Gasteiger partial charge in [0.1, 0.15) is 5.56 Å². The molecule has 0 radical (unpaired) electrons. The molecule has 0 aliphatic heterocycles. The summed E-state index contributed by atoms with van der Waals surface area (Å²) in [5.41, 5.74) is -1.93. The number of rotatable bonds is 2. The third-order valence-electron chi connectivity index (χ3n) is 2.60. The van der Waals surface area contributed by atoms with Crippen molar-refractivity contribution in [2.24, 2.45) is 0 Å². The van der Waals surface area contributed by atoms with E-state index >= 15 is 0 Å². The van der Waals surface area contributed by atoms with Crippen LogP contribution in [0.2, 0.25) is 5.02 Å². The van der Waals surface area contributed by atoms with Gasteiger partial charge in [0.2, 0.25) is 0 Å². The molecule has 1 heterocycles. The van der Waals surface area contributed by atoms with E-state index in [1.165, 1.54) is 12.3 Å². The number of halogens is 4. The van der Waals surface area contributed by atoms with Crippen LogP contribution >= 0.6 is 11.6 Å². The van der Waals surface area contributed by atoms with Crippen LogP contribution in [0.15, 0.2) is 41.5 Å². The minimum absolute atomic E-state index is 0.111. The first kappa shape index (κ1) is 15.1. The standard InChI is InChI=1S/C13H8ClF3N2O2/c14-10-2-1-7(5-9(10)13(15,16)17)19-12(21)8-6-18-4-3-11(8)20/h1-6H,(H,18,20)(H,19,21). The number of aromatic amines is 1. The van der Waals surface area contributed by atoms with Gasteiger partial charge in [-0.2, -0.15) is 13.2 Å². The summed E-state index contributed by atoms with van der Waals surface area (Å²) in [6, 6.07) is 4.08. The van der Waals surface area contributed by atoms with Crippen molar-refractivity contribution in [2.75, 3.05) is 5.32 Å². The molecule has 0 saturated carbocycles. The maximum Gasteiger partial charge on any atom is 0.417 e. The molecule has 8 heteroatoms. The predicted molar refractivity (Wildman–Crippen MR) is 71.5 cm³/mol. The molecular weight excluding hydrogens is 309 g/mol. The van der Waals surface area contributed by atoms with E-state index in [2.05, 4.69) is 10.3 Å². The van der Waals surface area contributed by atoms with Crippen LogP contribution in [0.5, 0.6) is 0 Å². The number of alkyl halides is 3. The molecule has 0 atom stereocenters. The lowest BCUT2D eigenvalue weighted by atomic mass is 10.2. The van der Waals surface area contributed by atoms with Crippen molar-refractivity contribution in [3.63, 3.8) is 0 Å². The molecule has 1 aromatic carbocycles. The SMILES string of the molecule is O=C(Nc1ccc(Cl)c(C(F)(F)F)c1)c1c[nH]ccc1=O. The average molecular weight is 317 g/mol. The molecule has 0 bridgehead atoms. The highest BCUT2D eigenvalue weighted by molar-refractivity contribution is 6.31. The lowest BCUT2D eigenvalue weighted by Crippen LogP contribution is -2.21. The molecule has 0 aliphatic carbocycles. The molecule has 0 fully saturated rings. The summed E-state index contributed by atoms with van der Waals surface area (Å²) in [6.45, 7) is 0. The molecule has 0 aliphatic rings. The van der Waals surface area contributed by atoms with E-state index in [1.807, 2.05) is 0 Å². The first-order valence-electron chi connectivity index (χ1n) is 5.64. The number of anilines is 1. The van der Waals surface area contributed by atoms with E-state index in [9.17, 15) is 22.8 Å². The number of nitrogens with one attached hydrogen (secondary N) is 2. The van der Waals surface area contributed by atoms with Crippen LogP contribution < -0.4 is 10.7 Å². The molecule has 21 heavy (non-hydrogen) atoms. The molecule has 1 amide bonds. The van der Waals surface area contributed by atoms with E-state index in [0.717, 1.165) is 18.3 Å². The Morgan fingerprint density at radius 1 is 1.24 bits per heavy atom. The normalized spacial score (nSPS) is 11.2. The Labute approximate surface area is 121 Å². The molecule has 0 saturated heterocycles. The van der Waals surface area contributed by atoms with Gasteiger partial charge in [0.05, 0.1) is 10.6 Å². The second-order valence-electron chi connectivity index (χ2n) is 4.07. The van der Waals surface area contributed by atoms with Gasteiger partial charge in [0, 0.05) is 24.1 Å². The summed E-state index contributed by atoms with van der Waals surface area (Å²) in [5.74, 6) is -0.813. The largest absolute Gasteiger partial charge is 0.417 e. The van der Waals surface area contributed by atoms with Gasteiger partial charge in [-0.1, -0.05) is 11.6 Å². The zero-order chi connectivity index (χ0) is 15.6. The fourth-order valence-electron chi connectivity index (χ4n) is 1.61. The Balaban J connectivity index is 2.31. The Kier molecular flexibility index (Phi) is 4.04. The van der Waals surface area contributed by atoms with Gasteiger partial charge in [-0.05, 0) is 18.2 Å². The van der Waals surface area contributed by atoms with Crippen molar-refractivity contribution >= 4 is 23.2 Å². The molecule has 0 unspecified atom stereocenters. The van der Waals surface area contributed by atoms with Crippen LogP contribution in [0.25, 0.3) is 0 Å². The van der Waals surface area contributed by atoms with Gasteiger partial charge >= 0.3 is 6.18 Å². The number of hydrogen-bond donors (Lipinski definition) is 2. The molecular formula is C13H8ClF3N2O2. The number of hydrogen-bond acceptors (Lipinski definition) is 2. The van der Waals surface area contributed by atoms with Crippen molar-refractivity contribution in [2.45, 2.75) is 6.18 Å². The van der Waals surface area contributed by atoms with Crippen LogP contribution in [-0.2, 0) is 6.18 Å². The van der Waals surface area contributed by atoms with Crippen molar-refractivity contribution in [3.05, 3.63) is 63.0 Å². The van der Waals surface area contributed by atoms with E-state index in [1.54, 1.807) is 0 Å². The first-order chi connectivity index (χ1) is 9.79. The average Bonchev–Trinajstić information content (AvgIpc) is 2.40. The first-order valence-corrected chi connectivity index (χ1v) is 6.02. The second kappa shape index (κ2) is 5.61. The predicted octanol–water partition coefficient (Wildman–Crippen LogP) is 3.30. The van der Waals surface area contributed by atoms with Gasteiger partial charge in [0.25, 0.3) is 5.91 Å². The van der Waals surface area contributed by atoms with Crippen LogP contribution in [0.1, 0.15) is 15.9 Å². The van der Waals surface area contributed by atoms with Gasteiger partial charge in [-0.25, -0.2) is 0 Å². The smallest absolute Gasteiger partial charge is 0.367 e. The minimum atomic E-state index is -4.64. The summed E-state index contributed by atoms with van der Waals surface area (Å²) >= 11 is 5.47. The van der Waals surface area contributed by atoms with Crippen molar-refractivity contribution in [1.82, 2.24) is 4.98 Å². The number of pyridine rings is 1. The van der Waals surface area contributed by atoms with Crippen molar-refractivity contribution in [1.29, 1.82) is 0 Å². The lowest BCUT2D eigenvalue weighted by Gasteiger charge is -2.11. The van der Waals surface area contributed by atoms with E-state index in [4.69, 9.17) is 11.6 Å². The third kappa shape index (κ3) is 3.43. The topological polar surface area (TPSA) is 62.0 Å². The van der Waals surface area contributed by atoms with Gasteiger partial charge in [-0.15, -0.1) is 0 Å². The van der Waals surface area contributed by atoms with E-state index in [0.29, 0.717) is 6.07 Å². The molecule has 2 rings (SSSR count). The maximum absolute atomic E-state index is 12.7. The van der Waals surface area contributed by atoms with Crippen LogP contribution in [0.3, 0.4) is 0 Å². The quantitative estimate of drug-likeness (QED) is 0.893. The highest BCUT2D eigenvalue weighted by Crippen LogP contribution is 2.36.